The zero-order valence-corrected chi connectivity index (χ0v) is 14.1. The summed E-state index contributed by atoms with van der Waals surface area (Å²) in [5.41, 5.74) is 2.32. The highest BCUT2D eigenvalue weighted by Gasteiger charge is 2.34. The molecule has 0 spiro atoms. The first kappa shape index (κ1) is 16.4. The molecule has 0 aliphatic carbocycles. The molecule has 24 heavy (non-hydrogen) atoms. The Morgan fingerprint density at radius 3 is 2.96 bits per heavy atom. The molecule has 1 aliphatic heterocycles. The summed E-state index contributed by atoms with van der Waals surface area (Å²) in [4.78, 5) is 18.8. The molecule has 1 aliphatic rings. The maximum absolute atomic E-state index is 12.9. The number of fused-ring (bicyclic) bond motifs is 1. The van der Waals surface area contributed by atoms with Crippen molar-refractivity contribution in [1.29, 1.82) is 0 Å². The van der Waals surface area contributed by atoms with Crippen LogP contribution in [-0.2, 0) is 17.8 Å². The molecule has 8 nitrogen and oxygen atoms in total. The number of carbonyl (C=O) groups is 1. The minimum Gasteiger partial charge on any atom is -0.480 e. The molecule has 8 heteroatoms. The first-order valence-electron chi connectivity index (χ1n) is 7.89. The second kappa shape index (κ2) is 6.96. The first-order valence-corrected chi connectivity index (χ1v) is 7.89. The number of nitrogens with zero attached hydrogens (tertiary/aromatic N) is 5. The van der Waals surface area contributed by atoms with Crippen molar-refractivity contribution in [1.82, 2.24) is 24.9 Å². The Morgan fingerprint density at radius 1 is 1.42 bits per heavy atom. The highest BCUT2D eigenvalue weighted by Crippen LogP contribution is 2.29. The van der Waals surface area contributed by atoms with Crippen molar-refractivity contribution in [3.63, 3.8) is 0 Å². The van der Waals surface area contributed by atoms with Crippen LogP contribution < -0.4 is 4.74 Å². The van der Waals surface area contributed by atoms with Gasteiger partial charge in [0.05, 0.1) is 26.0 Å². The largest absolute Gasteiger partial charge is 0.480 e. The summed E-state index contributed by atoms with van der Waals surface area (Å²) >= 11 is 0. The molecular formula is C16H21N5O3. The summed E-state index contributed by atoms with van der Waals surface area (Å²) in [6.45, 7) is 4.25. The number of pyridine rings is 1. The lowest BCUT2D eigenvalue weighted by Gasteiger charge is -2.32. The molecule has 2 aromatic rings. The first-order chi connectivity index (χ1) is 11.7. The summed E-state index contributed by atoms with van der Waals surface area (Å²) in [5, 5.41) is 8.43. The summed E-state index contributed by atoms with van der Waals surface area (Å²) in [6.07, 6.45) is 1.60. The van der Waals surface area contributed by atoms with Crippen molar-refractivity contribution < 1.29 is 14.3 Å². The van der Waals surface area contributed by atoms with Crippen LogP contribution in [0.15, 0.2) is 18.3 Å². The van der Waals surface area contributed by atoms with E-state index in [9.17, 15) is 4.79 Å². The van der Waals surface area contributed by atoms with Gasteiger partial charge in [-0.15, -0.1) is 5.10 Å². The van der Waals surface area contributed by atoms with Gasteiger partial charge in [0.25, 0.3) is 5.91 Å². The average molecular weight is 331 g/mol. The number of aromatic nitrogens is 4. The molecule has 0 saturated heterocycles. The van der Waals surface area contributed by atoms with Crippen LogP contribution in [0.25, 0.3) is 0 Å². The van der Waals surface area contributed by atoms with Gasteiger partial charge in [0.15, 0.2) is 0 Å². The zero-order chi connectivity index (χ0) is 17.1. The molecule has 0 saturated carbocycles. The molecule has 1 amide bonds. The van der Waals surface area contributed by atoms with Gasteiger partial charge in [0.1, 0.15) is 11.3 Å². The molecule has 0 radical (unpaired) electrons. The Hall–Kier alpha value is -2.48. The van der Waals surface area contributed by atoms with Gasteiger partial charge in [-0.25, -0.2) is 9.67 Å². The standard InChI is InChI=1S/C16H21N5O3/c1-4-21-14-11(10-23-2)8-20(9-13(14)18-19-21)16(22)12-6-5-7-17-15(12)24-3/h5-7,11H,4,8-10H2,1-3H3/t11-/m0/s1. The summed E-state index contributed by atoms with van der Waals surface area (Å²) in [6, 6.07) is 3.45. The number of carbonyl (C=O) groups excluding carboxylic acids is 1. The number of aryl methyl sites for hydroxylation is 1. The van der Waals surface area contributed by atoms with E-state index < -0.39 is 0 Å². The fourth-order valence-electron chi connectivity index (χ4n) is 3.12. The van der Waals surface area contributed by atoms with Crippen LogP contribution in [0.5, 0.6) is 5.88 Å². The van der Waals surface area contributed by atoms with Crippen molar-refractivity contribution in [2.75, 3.05) is 27.4 Å². The second-order valence-corrected chi connectivity index (χ2v) is 5.64. The highest BCUT2D eigenvalue weighted by atomic mass is 16.5. The normalized spacial score (nSPS) is 16.8. The SMILES string of the molecule is CCn1nnc2c1[C@H](COC)CN(C(=O)c1cccnc1OC)C2. The lowest BCUT2D eigenvalue weighted by Crippen LogP contribution is -2.40. The van der Waals surface area contributed by atoms with Crippen LogP contribution in [0, 0.1) is 0 Å². The van der Waals surface area contributed by atoms with E-state index in [1.54, 1.807) is 30.3 Å². The molecule has 1 atom stereocenters. The van der Waals surface area contributed by atoms with Crippen LogP contribution in [0.2, 0.25) is 0 Å². The van der Waals surface area contributed by atoms with E-state index in [1.807, 2.05) is 11.6 Å². The Bertz CT molecular complexity index is 730. The van der Waals surface area contributed by atoms with E-state index in [4.69, 9.17) is 9.47 Å². The minimum absolute atomic E-state index is 0.0420. The smallest absolute Gasteiger partial charge is 0.259 e. The maximum atomic E-state index is 12.9. The predicted octanol–water partition coefficient (Wildman–Crippen LogP) is 1.09. The van der Waals surface area contributed by atoms with Crippen LogP contribution in [0.1, 0.15) is 34.6 Å². The lowest BCUT2D eigenvalue weighted by molar-refractivity contribution is 0.0668. The van der Waals surface area contributed by atoms with E-state index >= 15 is 0 Å². The van der Waals surface area contributed by atoms with Gasteiger partial charge < -0.3 is 14.4 Å². The van der Waals surface area contributed by atoms with Crippen LogP contribution in [-0.4, -0.2) is 58.2 Å². The third-order valence-corrected chi connectivity index (χ3v) is 4.16. The Balaban J connectivity index is 1.91. The third-order valence-electron chi connectivity index (χ3n) is 4.16. The van der Waals surface area contributed by atoms with E-state index in [0.29, 0.717) is 31.1 Å². The Kier molecular flexibility index (Phi) is 4.75. The summed E-state index contributed by atoms with van der Waals surface area (Å²) < 4.78 is 12.4. The molecule has 2 aromatic heterocycles. The Labute approximate surface area is 140 Å². The molecule has 128 valence electrons. The van der Waals surface area contributed by atoms with Gasteiger partial charge in [-0.05, 0) is 19.1 Å². The maximum Gasteiger partial charge on any atom is 0.259 e. The fourth-order valence-corrected chi connectivity index (χ4v) is 3.12. The van der Waals surface area contributed by atoms with Crippen molar-refractivity contribution in [2.45, 2.75) is 25.9 Å². The molecule has 0 bridgehead atoms. The molecule has 0 aromatic carbocycles. The van der Waals surface area contributed by atoms with Crippen molar-refractivity contribution in [2.24, 2.45) is 0 Å². The second-order valence-electron chi connectivity index (χ2n) is 5.64. The molecule has 0 unspecified atom stereocenters. The van der Waals surface area contributed by atoms with Crippen LogP contribution >= 0.6 is 0 Å². The molecule has 0 N–H and O–H groups in total. The van der Waals surface area contributed by atoms with Crippen molar-refractivity contribution in [3.05, 3.63) is 35.3 Å². The highest BCUT2D eigenvalue weighted by molar-refractivity contribution is 5.96. The third kappa shape index (κ3) is 2.84. The van der Waals surface area contributed by atoms with Crippen molar-refractivity contribution in [3.8, 4) is 5.88 Å². The van der Waals surface area contributed by atoms with E-state index in [-0.39, 0.29) is 11.8 Å². The van der Waals surface area contributed by atoms with Gasteiger partial charge in [-0.1, -0.05) is 5.21 Å². The predicted molar refractivity (Wildman–Crippen MR) is 85.8 cm³/mol. The lowest BCUT2D eigenvalue weighted by atomic mass is 9.98. The van der Waals surface area contributed by atoms with E-state index in [1.165, 1.54) is 7.11 Å². The monoisotopic (exact) mass is 331 g/mol. The molecular weight excluding hydrogens is 310 g/mol. The van der Waals surface area contributed by atoms with Gasteiger partial charge in [0, 0.05) is 32.3 Å². The topological polar surface area (TPSA) is 82.4 Å². The Morgan fingerprint density at radius 2 is 2.25 bits per heavy atom. The minimum atomic E-state index is -0.127. The van der Waals surface area contributed by atoms with E-state index in [2.05, 4.69) is 15.3 Å². The molecule has 0 fully saturated rings. The quantitative estimate of drug-likeness (QED) is 0.815. The van der Waals surface area contributed by atoms with Gasteiger partial charge in [-0.2, -0.15) is 0 Å². The van der Waals surface area contributed by atoms with Crippen molar-refractivity contribution >= 4 is 5.91 Å². The molecule has 3 heterocycles. The van der Waals surface area contributed by atoms with E-state index in [0.717, 1.165) is 17.9 Å². The number of methoxy groups -OCH3 is 2. The summed E-state index contributed by atoms with van der Waals surface area (Å²) in [5.74, 6) is 0.242. The number of hydrogen-bond donors (Lipinski definition) is 0. The average Bonchev–Trinajstić information content (AvgIpc) is 3.04. The van der Waals surface area contributed by atoms with Gasteiger partial charge >= 0.3 is 0 Å². The number of ether oxygens (including phenoxy) is 2. The summed E-state index contributed by atoms with van der Waals surface area (Å²) in [7, 11) is 3.17. The van der Waals surface area contributed by atoms with Crippen LogP contribution in [0.3, 0.4) is 0 Å². The fraction of sp³-hybridized carbons (Fsp3) is 0.500. The number of hydrogen-bond acceptors (Lipinski definition) is 6. The van der Waals surface area contributed by atoms with Gasteiger partial charge in [0.2, 0.25) is 5.88 Å². The zero-order valence-electron chi connectivity index (χ0n) is 14.1. The van der Waals surface area contributed by atoms with Crippen LogP contribution in [0.4, 0.5) is 0 Å². The number of rotatable bonds is 5. The number of amides is 1. The van der Waals surface area contributed by atoms with Gasteiger partial charge in [-0.3, -0.25) is 4.79 Å². The molecule has 3 rings (SSSR count).